The van der Waals surface area contributed by atoms with Crippen molar-refractivity contribution in [3.8, 4) is 5.75 Å². The van der Waals surface area contributed by atoms with Crippen molar-refractivity contribution < 1.29 is 14.3 Å². The van der Waals surface area contributed by atoms with Gasteiger partial charge in [-0.2, -0.15) is 0 Å². The summed E-state index contributed by atoms with van der Waals surface area (Å²) in [5.41, 5.74) is 1.43. The molecule has 0 unspecified atom stereocenters. The predicted octanol–water partition coefficient (Wildman–Crippen LogP) is 4.20. The molecule has 0 aromatic heterocycles. The molecule has 0 saturated carbocycles. The smallest absolute Gasteiger partial charge is 0.338 e. The van der Waals surface area contributed by atoms with Gasteiger partial charge in [0.1, 0.15) is 12.4 Å². The van der Waals surface area contributed by atoms with Crippen LogP contribution in [0.1, 0.15) is 22.8 Å². The van der Waals surface area contributed by atoms with Crippen molar-refractivity contribution in [1.29, 1.82) is 0 Å². The van der Waals surface area contributed by atoms with Crippen LogP contribution in [0.4, 0.5) is 0 Å². The molecule has 0 spiro atoms. The molecule has 2 rings (SSSR count). The van der Waals surface area contributed by atoms with E-state index >= 15 is 0 Å². The average Bonchev–Trinajstić information content (AvgIpc) is 2.45. The minimum absolute atomic E-state index is 0.260. The first-order chi connectivity index (χ1) is 9.69. The summed E-state index contributed by atoms with van der Waals surface area (Å²) in [6.07, 6.45) is 0. The maximum atomic E-state index is 12.0. The van der Waals surface area contributed by atoms with Crippen LogP contribution in [0.2, 0.25) is 0 Å². The lowest BCUT2D eigenvalue weighted by molar-refractivity contribution is 0.0472. The summed E-state index contributed by atoms with van der Waals surface area (Å²) >= 11 is 3.36. The number of carbonyl (C=O) groups is 1. The summed E-state index contributed by atoms with van der Waals surface area (Å²) in [5, 5.41) is 0. The molecule has 0 heterocycles. The summed E-state index contributed by atoms with van der Waals surface area (Å²) in [6.45, 7) is 2.71. The molecule has 0 aliphatic rings. The first-order valence-corrected chi connectivity index (χ1v) is 7.13. The molecule has 4 heteroatoms. The maximum absolute atomic E-state index is 12.0. The highest BCUT2D eigenvalue weighted by molar-refractivity contribution is 9.10. The van der Waals surface area contributed by atoms with E-state index < -0.39 is 0 Å². The number of ether oxygens (including phenoxy) is 2. The van der Waals surface area contributed by atoms with Crippen LogP contribution >= 0.6 is 15.9 Å². The molecule has 104 valence electrons. The SMILES string of the molecule is CCOc1cc(Br)cc(C(=O)OCc2ccccc2)c1. The fourth-order valence-corrected chi connectivity index (χ4v) is 2.21. The van der Waals surface area contributed by atoms with Crippen molar-refractivity contribution >= 4 is 21.9 Å². The minimum Gasteiger partial charge on any atom is -0.494 e. The summed E-state index contributed by atoms with van der Waals surface area (Å²) in [5.74, 6) is 0.282. The Morgan fingerprint density at radius 1 is 1.15 bits per heavy atom. The molecule has 0 atom stereocenters. The molecule has 0 amide bonds. The lowest BCUT2D eigenvalue weighted by atomic mass is 10.2. The van der Waals surface area contributed by atoms with Gasteiger partial charge in [0, 0.05) is 4.47 Å². The molecule has 0 fully saturated rings. The van der Waals surface area contributed by atoms with Gasteiger partial charge in [-0.1, -0.05) is 46.3 Å². The Morgan fingerprint density at radius 2 is 1.90 bits per heavy atom. The van der Waals surface area contributed by atoms with E-state index in [1.54, 1.807) is 12.1 Å². The molecule has 20 heavy (non-hydrogen) atoms. The van der Waals surface area contributed by atoms with Gasteiger partial charge in [-0.15, -0.1) is 0 Å². The van der Waals surface area contributed by atoms with E-state index in [4.69, 9.17) is 9.47 Å². The summed E-state index contributed by atoms with van der Waals surface area (Å²) in [6, 6.07) is 14.8. The van der Waals surface area contributed by atoms with Gasteiger partial charge in [0.25, 0.3) is 0 Å². The third-order valence-corrected chi connectivity index (χ3v) is 3.09. The van der Waals surface area contributed by atoms with Gasteiger partial charge < -0.3 is 9.47 Å². The zero-order valence-electron chi connectivity index (χ0n) is 11.1. The number of hydrogen-bond donors (Lipinski definition) is 0. The van der Waals surface area contributed by atoms with E-state index in [2.05, 4.69) is 15.9 Å². The van der Waals surface area contributed by atoms with Gasteiger partial charge in [0.2, 0.25) is 0 Å². The molecule has 2 aromatic rings. The third kappa shape index (κ3) is 4.10. The van der Waals surface area contributed by atoms with Gasteiger partial charge in [-0.3, -0.25) is 0 Å². The van der Waals surface area contributed by atoms with E-state index in [1.807, 2.05) is 43.3 Å². The van der Waals surface area contributed by atoms with Crippen LogP contribution in [0.5, 0.6) is 5.75 Å². The summed E-state index contributed by atoms with van der Waals surface area (Å²) in [7, 11) is 0. The Kier molecular flexibility index (Phi) is 5.18. The van der Waals surface area contributed by atoms with Crippen LogP contribution in [0, 0.1) is 0 Å². The second kappa shape index (κ2) is 7.10. The van der Waals surface area contributed by atoms with Crippen LogP contribution in [-0.4, -0.2) is 12.6 Å². The minimum atomic E-state index is -0.365. The molecule has 0 N–H and O–H groups in total. The lowest BCUT2D eigenvalue weighted by Crippen LogP contribution is -2.06. The van der Waals surface area contributed by atoms with Crippen LogP contribution < -0.4 is 4.74 Å². The topological polar surface area (TPSA) is 35.5 Å². The number of halogens is 1. The fraction of sp³-hybridized carbons (Fsp3) is 0.188. The van der Waals surface area contributed by atoms with Gasteiger partial charge in [-0.25, -0.2) is 4.79 Å². The van der Waals surface area contributed by atoms with E-state index in [-0.39, 0.29) is 12.6 Å². The zero-order valence-corrected chi connectivity index (χ0v) is 12.7. The number of benzene rings is 2. The van der Waals surface area contributed by atoms with Crippen molar-refractivity contribution in [1.82, 2.24) is 0 Å². The Bertz CT molecular complexity index is 582. The molecule has 0 bridgehead atoms. The van der Waals surface area contributed by atoms with Gasteiger partial charge in [0.15, 0.2) is 0 Å². The monoisotopic (exact) mass is 334 g/mol. The summed E-state index contributed by atoms with van der Waals surface area (Å²) in [4.78, 5) is 12.0. The van der Waals surface area contributed by atoms with E-state index in [1.165, 1.54) is 0 Å². The van der Waals surface area contributed by atoms with Gasteiger partial charge in [0.05, 0.1) is 12.2 Å². The second-order valence-corrected chi connectivity index (χ2v) is 5.09. The molecule has 0 aliphatic carbocycles. The summed E-state index contributed by atoms with van der Waals surface area (Å²) < 4.78 is 11.5. The molecule has 2 aromatic carbocycles. The van der Waals surface area contributed by atoms with Crippen LogP contribution in [-0.2, 0) is 11.3 Å². The van der Waals surface area contributed by atoms with Crippen LogP contribution in [0.3, 0.4) is 0 Å². The number of carbonyl (C=O) groups excluding carboxylic acids is 1. The maximum Gasteiger partial charge on any atom is 0.338 e. The van der Waals surface area contributed by atoms with Crippen LogP contribution in [0.15, 0.2) is 53.0 Å². The van der Waals surface area contributed by atoms with E-state index in [0.29, 0.717) is 17.9 Å². The van der Waals surface area contributed by atoms with E-state index in [9.17, 15) is 4.79 Å². The number of rotatable bonds is 5. The largest absolute Gasteiger partial charge is 0.494 e. The quantitative estimate of drug-likeness (QED) is 0.768. The molecule has 0 saturated heterocycles. The van der Waals surface area contributed by atoms with Crippen molar-refractivity contribution in [2.75, 3.05) is 6.61 Å². The van der Waals surface area contributed by atoms with Crippen molar-refractivity contribution in [2.45, 2.75) is 13.5 Å². The molecular weight excluding hydrogens is 320 g/mol. The zero-order chi connectivity index (χ0) is 14.4. The lowest BCUT2D eigenvalue weighted by Gasteiger charge is -2.08. The highest BCUT2D eigenvalue weighted by Crippen LogP contribution is 2.22. The van der Waals surface area contributed by atoms with E-state index in [0.717, 1.165) is 10.0 Å². The van der Waals surface area contributed by atoms with Crippen molar-refractivity contribution in [2.24, 2.45) is 0 Å². The average molecular weight is 335 g/mol. The molecule has 3 nitrogen and oxygen atoms in total. The molecular formula is C16H15BrO3. The van der Waals surface area contributed by atoms with Gasteiger partial charge >= 0.3 is 5.97 Å². The highest BCUT2D eigenvalue weighted by atomic mass is 79.9. The van der Waals surface area contributed by atoms with Gasteiger partial charge in [-0.05, 0) is 30.7 Å². The molecule has 0 radical (unpaired) electrons. The third-order valence-electron chi connectivity index (χ3n) is 2.63. The number of hydrogen-bond acceptors (Lipinski definition) is 3. The van der Waals surface area contributed by atoms with Crippen molar-refractivity contribution in [3.63, 3.8) is 0 Å². The standard InChI is InChI=1S/C16H15BrO3/c1-2-19-15-9-13(8-14(17)10-15)16(18)20-11-12-6-4-3-5-7-12/h3-10H,2,11H2,1H3. The Morgan fingerprint density at radius 3 is 2.60 bits per heavy atom. The predicted molar refractivity (Wildman–Crippen MR) is 80.9 cm³/mol. The molecule has 0 aliphatic heterocycles. The Hall–Kier alpha value is -1.81. The van der Waals surface area contributed by atoms with Crippen molar-refractivity contribution in [3.05, 3.63) is 64.1 Å². The normalized spacial score (nSPS) is 10.1. The fourth-order valence-electron chi connectivity index (χ4n) is 1.74. The Labute approximate surface area is 126 Å². The van der Waals surface area contributed by atoms with Crippen LogP contribution in [0.25, 0.3) is 0 Å². The highest BCUT2D eigenvalue weighted by Gasteiger charge is 2.10. The second-order valence-electron chi connectivity index (χ2n) is 4.17. The Balaban J connectivity index is 2.05. The first-order valence-electron chi connectivity index (χ1n) is 6.33. The number of esters is 1. The first kappa shape index (κ1) is 14.6.